The summed E-state index contributed by atoms with van der Waals surface area (Å²) in [6.45, 7) is 1.98. The van der Waals surface area contributed by atoms with E-state index in [0.717, 1.165) is 42.7 Å². The van der Waals surface area contributed by atoms with Crippen molar-refractivity contribution in [1.82, 2.24) is 15.6 Å². The van der Waals surface area contributed by atoms with E-state index in [1.807, 2.05) is 36.4 Å². The Balaban J connectivity index is 1.48. The molecule has 1 aliphatic rings. The maximum Gasteiger partial charge on any atom is 0.237 e. The van der Waals surface area contributed by atoms with Gasteiger partial charge in [-0.25, -0.2) is 0 Å². The van der Waals surface area contributed by atoms with Crippen molar-refractivity contribution in [3.8, 4) is 5.75 Å². The maximum atomic E-state index is 11.9. The van der Waals surface area contributed by atoms with Gasteiger partial charge in [0.2, 0.25) is 5.91 Å². The standard InChI is InChI=1S/C19H23N3O2/c23-19-18(5-1-2-11-21-19)22-13-15-6-8-17(9-7-15)24-14-16-4-3-10-20-12-16/h3-4,6-10,12,18,22H,1-2,5,11,13-14H2,(H,21,23). The minimum Gasteiger partial charge on any atom is -0.489 e. The zero-order valence-electron chi connectivity index (χ0n) is 13.7. The Morgan fingerprint density at radius 1 is 1.17 bits per heavy atom. The SMILES string of the molecule is O=C1NCCCCC1NCc1ccc(OCc2cccnc2)cc1. The number of carbonyl (C=O) groups excluding carboxylic acids is 1. The second-order valence-corrected chi connectivity index (χ2v) is 6.01. The Kier molecular flexibility index (Phi) is 5.80. The van der Waals surface area contributed by atoms with Crippen LogP contribution >= 0.6 is 0 Å². The van der Waals surface area contributed by atoms with Crippen LogP contribution in [0.5, 0.6) is 5.75 Å². The second kappa shape index (κ2) is 8.45. The van der Waals surface area contributed by atoms with Crippen molar-refractivity contribution < 1.29 is 9.53 Å². The van der Waals surface area contributed by atoms with Crippen LogP contribution in [0.25, 0.3) is 0 Å². The largest absolute Gasteiger partial charge is 0.489 e. The number of rotatable bonds is 6. The lowest BCUT2D eigenvalue weighted by molar-refractivity contribution is -0.122. The molecule has 24 heavy (non-hydrogen) atoms. The van der Waals surface area contributed by atoms with Crippen LogP contribution in [0.4, 0.5) is 0 Å². The van der Waals surface area contributed by atoms with Gasteiger partial charge in [0.05, 0.1) is 6.04 Å². The first-order valence-corrected chi connectivity index (χ1v) is 8.43. The van der Waals surface area contributed by atoms with Gasteiger partial charge in [-0.05, 0) is 43.0 Å². The molecule has 3 rings (SSSR count). The molecule has 1 fully saturated rings. The van der Waals surface area contributed by atoms with Gasteiger partial charge in [0.15, 0.2) is 0 Å². The molecule has 1 aromatic carbocycles. The molecule has 1 saturated heterocycles. The van der Waals surface area contributed by atoms with Crippen LogP contribution in [0.3, 0.4) is 0 Å². The first-order valence-electron chi connectivity index (χ1n) is 8.43. The fourth-order valence-electron chi connectivity index (χ4n) is 2.73. The molecule has 126 valence electrons. The lowest BCUT2D eigenvalue weighted by atomic mass is 10.1. The average molecular weight is 325 g/mol. The van der Waals surface area contributed by atoms with E-state index in [4.69, 9.17) is 4.74 Å². The van der Waals surface area contributed by atoms with Gasteiger partial charge in [-0.2, -0.15) is 0 Å². The fraction of sp³-hybridized carbons (Fsp3) is 0.368. The van der Waals surface area contributed by atoms with Gasteiger partial charge >= 0.3 is 0 Å². The fourth-order valence-corrected chi connectivity index (χ4v) is 2.73. The first kappa shape index (κ1) is 16.5. The molecule has 0 aliphatic carbocycles. The van der Waals surface area contributed by atoms with Crippen molar-refractivity contribution in [3.05, 3.63) is 59.9 Å². The molecule has 5 nitrogen and oxygen atoms in total. The van der Waals surface area contributed by atoms with Crippen molar-refractivity contribution in [2.75, 3.05) is 6.54 Å². The van der Waals surface area contributed by atoms with Crippen molar-refractivity contribution >= 4 is 5.91 Å². The van der Waals surface area contributed by atoms with E-state index in [-0.39, 0.29) is 11.9 Å². The van der Waals surface area contributed by atoms with E-state index in [9.17, 15) is 4.79 Å². The summed E-state index contributed by atoms with van der Waals surface area (Å²) < 4.78 is 5.75. The highest BCUT2D eigenvalue weighted by Gasteiger charge is 2.19. The van der Waals surface area contributed by atoms with E-state index in [0.29, 0.717) is 13.2 Å². The van der Waals surface area contributed by atoms with E-state index in [1.165, 1.54) is 0 Å². The topological polar surface area (TPSA) is 63.2 Å². The second-order valence-electron chi connectivity index (χ2n) is 6.01. The third-order valence-electron chi connectivity index (χ3n) is 4.14. The molecule has 1 aromatic heterocycles. The van der Waals surface area contributed by atoms with Gasteiger partial charge in [-0.15, -0.1) is 0 Å². The smallest absolute Gasteiger partial charge is 0.237 e. The number of aromatic nitrogens is 1. The monoisotopic (exact) mass is 325 g/mol. The Morgan fingerprint density at radius 3 is 2.83 bits per heavy atom. The molecule has 1 aliphatic heterocycles. The molecule has 0 saturated carbocycles. The average Bonchev–Trinajstić information content (AvgIpc) is 2.84. The zero-order chi connectivity index (χ0) is 16.6. The number of carbonyl (C=O) groups is 1. The first-order chi connectivity index (χ1) is 11.8. The number of ether oxygens (including phenoxy) is 1. The summed E-state index contributed by atoms with van der Waals surface area (Å²) in [5.41, 5.74) is 2.18. The summed E-state index contributed by atoms with van der Waals surface area (Å²) in [5.74, 6) is 0.943. The molecule has 5 heteroatoms. The van der Waals surface area contributed by atoms with Gasteiger partial charge < -0.3 is 15.4 Å². The van der Waals surface area contributed by atoms with E-state index >= 15 is 0 Å². The van der Waals surface area contributed by atoms with Crippen LogP contribution < -0.4 is 15.4 Å². The normalized spacial score (nSPS) is 17.8. The minimum atomic E-state index is -0.0889. The summed E-state index contributed by atoms with van der Waals surface area (Å²) in [7, 11) is 0. The molecule has 2 N–H and O–H groups in total. The van der Waals surface area contributed by atoms with Crippen LogP contribution in [0, 0.1) is 0 Å². The number of nitrogens with zero attached hydrogens (tertiary/aromatic N) is 1. The quantitative estimate of drug-likeness (QED) is 0.856. The van der Waals surface area contributed by atoms with E-state index in [1.54, 1.807) is 12.4 Å². The van der Waals surface area contributed by atoms with Crippen molar-refractivity contribution in [2.45, 2.75) is 38.5 Å². The highest BCUT2D eigenvalue weighted by Crippen LogP contribution is 2.14. The number of hydrogen-bond donors (Lipinski definition) is 2. The van der Waals surface area contributed by atoms with Crippen LogP contribution in [0.15, 0.2) is 48.8 Å². The highest BCUT2D eigenvalue weighted by molar-refractivity contribution is 5.81. The molecule has 1 atom stereocenters. The predicted molar refractivity (Wildman–Crippen MR) is 92.5 cm³/mol. The lowest BCUT2D eigenvalue weighted by Crippen LogP contribution is -2.42. The summed E-state index contributed by atoms with van der Waals surface area (Å²) in [6.07, 6.45) is 6.60. The summed E-state index contributed by atoms with van der Waals surface area (Å²) in [6, 6.07) is 11.8. The Labute approximate surface area is 142 Å². The lowest BCUT2D eigenvalue weighted by Gasteiger charge is -2.15. The van der Waals surface area contributed by atoms with Gasteiger partial charge in [-0.1, -0.05) is 18.2 Å². The van der Waals surface area contributed by atoms with Gasteiger partial charge in [0.25, 0.3) is 0 Å². The van der Waals surface area contributed by atoms with Crippen LogP contribution in [0.2, 0.25) is 0 Å². The minimum absolute atomic E-state index is 0.0889. The van der Waals surface area contributed by atoms with Gasteiger partial charge in [0.1, 0.15) is 12.4 Å². The number of pyridine rings is 1. The molecular formula is C19H23N3O2. The highest BCUT2D eigenvalue weighted by atomic mass is 16.5. The number of benzene rings is 1. The molecule has 1 amide bonds. The van der Waals surface area contributed by atoms with Crippen molar-refractivity contribution in [3.63, 3.8) is 0 Å². The van der Waals surface area contributed by atoms with Crippen molar-refractivity contribution in [2.24, 2.45) is 0 Å². The summed E-state index contributed by atoms with van der Waals surface area (Å²) in [4.78, 5) is 16.0. The molecule has 2 heterocycles. The number of hydrogen-bond acceptors (Lipinski definition) is 4. The molecular weight excluding hydrogens is 302 g/mol. The van der Waals surface area contributed by atoms with E-state index < -0.39 is 0 Å². The van der Waals surface area contributed by atoms with Gasteiger partial charge in [-0.3, -0.25) is 9.78 Å². The molecule has 0 spiro atoms. The number of nitrogens with one attached hydrogen (secondary N) is 2. The summed E-state index contributed by atoms with van der Waals surface area (Å²) >= 11 is 0. The van der Waals surface area contributed by atoms with Crippen LogP contribution in [-0.2, 0) is 17.9 Å². The van der Waals surface area contributed by atoms with Crippen LogP contribution in [0.1, 0.15) is 30.4 Å². The predicted octanol–water partition coefficient (Wildman–Crippen LogP) is 2.42. The zero-order valence-corrected chi connectivity index (χ0v) is 13.7. The molecule has 1 unspecified atom stereocenters. The molecule has 2 aromatic rings. The number of amides is 1. The van der Waals surface area contributed by atoms with Gasteiger partial charge in [0, 0.05) is 31.0 Å². The van der Waals surface area contributed by atoms with Crippen molar-refractivity contribution in [1.29, 1.82) is 0 Å². The molecule has 0 bridgehead atoms. The molecule has 0 radical (unpaired) electrons. The Bertz CT molecular complexity index is 643. The Hall–Kier alpha value is -2.40. The third kappa shape index (κ3) is 4.80. The van der Waals surface area contributed by atoms with Crippen LogP contribution in [-0.4, -0.2) is 23.5 Å². The maximum absolute atomic E-state index is 11.9. The van der Waals surface area contributed by atoms with E-state index in [2.05, 4.69) is 15.6 Å². The third-order valence-corrected chi connectivity index (χ3v) is 4.14. The summed E-state index contributed by atoms with van der Waals surface area (Å²) in [5, 5.41) is 6.29. The Morgan fingerprint density at radius 2 is 2.04 bits per heavy atom.